The molecule has 0 spiro atoms. The standard InChI is InChI=1S/C20H22N4O/c1-13-5-8-16(9-6-13)22-20-21-15(3)12-19(24-20)23-17-11-14(2)7-10-18(17)25-4/h5-12H,1-4H3,(H2,21,22,23,24). The molecule has 0 fully saturated rings. The van der Waals surface area contributed by atoms with Gasteiger partial charge in [0.15, 0.2) is 0 Å². The lowest BCUT2D eigenvalue weighted by Gasteiger charge is -2.13. The van der Waals surface area contributed by atoms with Gasteiger partial charge >= 0.3 is 0 Å². The van der Waals surface area contributed by atoms with E-state index in [0.29, 0.717) is 11.8 Å². The molecule has 25 heavy (non-hydrogen) atoms. The number of methoxy groups -OCH3 is 1. The lowest BCUT2D eigenvalue weighted by atomic mass is 10.2. The molecule has 1 heterocycles. The summed E-state index contributed by atoms with van der Waals surface area (Å²) in [6, 6.07) is 16.0. The Morgan fingerprint density at radius 1 is 0.800 bits per heavy atom. The number of nitrogens with one attached hydrogen (secondary N) is 2. The zero-order chi connectivity index (χ0) is 17.8. The number of ether oxygens (including phenoxy) is 1. The summed E-state index contributed by atoms with van der Waals surface area (Å²) in [5.74, 6) is 2.04. The molecule has 5 heteroatoms. The number of nitrogens with zero attached hydrogens (tertiary/aromatic N) is 2. The van der Waals surface area contributed by atoms with E-state index >= 15 is 0 Å². The van der Waals surface area contributed by atoms with Gasteiger partial charge in [0.05, 0.1) is 12.8 Å². The van der Waals surface area contributed by atoms with Crippen LogP contribution in [0.3, 0.4) is 0 Å². The smallest absolute Gasteiger partial charge is 0.229 e. The molecule has 0 saturated heterocycles. The normalized spacial score (nSPS) is 10.4. The van der Waals surface area contributed by atoms with Gasteiger partial charge in [0, 0.05) is 17.4 Å². The lowest BCUT2D eigenvalue weighted by molar-refractivity contribution is 0.416. The van der Waals surface area contributed by atoms with Crippen LogP contribution in [0.1, 0.15) is 16.8 Å². The highest BCUT2D eigenvalue weighted by atomic mass is 16.5. The predicted octanol–water partition coefficient (Wildman–Crippen LogP) is 4.90. The summed E-state index contributed by atoms with van der Waals surface area (Å²) in [5, 5.41) is 6.57. The molecule has 1 aromatic heterocycles. The molecule has 0 aliphatic heterocycles. The highest BCUT2D eigenvalue weighted by Crippen LogP contribution is 2.28. The van der Waals surface area contributed by atoms with Crippen molar-refractivity contribution >= 4 is 23.1 Å². The molecule has 3 aromatic rings. The van der Waals surface area contributed by atoms with Crippen molar-refractivity contribution in [3.8, 4) is 5.75 Å². The van der Waals surface area contributed by atoms with E-state index in [1.807, 2.05) is 50.2 Å². The van der Waals surface area contributed by atoms with Crippen LogP contribution in [0.2, 0.25) is 0 Å². The minimum Gasteiger partial charge on any atom is -0.495 e. The van der Waals surface area contributed by atoms with Crippen molar-refractivity contribution < 1.29 is 4.74 Å². The topological polar surface area (TPSA) is 59.1 Å². The summed E-state index contributed by atoms with van der Waals surface area (Å²) in [4.78, 5) is 9.02. The van der Waals surface area contributed by atoms with Gasteiger partial charge in [-0.25, -0.2) is 4.98 Å². The minimum absolute atomic E-state index is 0.554. The van der Waals surface area contributed by atoms with Gasteiger partial charge in [-0.1, -0.05) is 23.8 Å². The van der Waals surface area contributed by atoms with E-state index in [9.17, 15) is 0 Å². The quantitative estimate of drug-likeness (QED) is 0.695. The zero-order valence-electron chi connectivity index (χ0n) is 14.9. The molecule has 0 bridgehead atoms. The van der Waals surface area contributed by atoms with E-state index in [2.05, 4.69) is 39.7 Å². The summed E-state index contributed by atoms with van der Waals surface area (Å²) in [7, 11) is 1.66. The van der Waals surface area contributed by atoms with Gasteiger partial charge in [-0.3, -0.25) is 0 Å². The molecule has 5 nitrogen and oxygen atoms in total. The van der Waals surface area contributed by atoms with Crippen LogP contribution in [0.25, 0.3) is 0 Å². The average molecular weight is 334 g/mol. The first-order valence-corrected chi connectivity index (χ1v) is 8.14. The SMILES string of the molecule is COc1ccc(C)cc1Nc1cc(C)nc(Nc2ccc(C)cc2)n1. The van der Waals surface area contributed by atoms with E-state index < -0.39 is 0 Å². The van der Waals surface area contributed by atoms with Gasteiger partial charge in [0.25, 0.3) is 0 Å². The molecule has 0 unspecified atom stereocenters. The number of hydrogen-bond acceptors (Lipinski definition) is 5. The summed E-state index contributed by atoms with van der Waals surface area (Å²) >= 11 is 0. The fourth-order valence-electron chi connectivity index (χ4n) is 2.51. The molecular weight excluding hydrogens is 312 g/mol. The van der Waals surface area contributed by atoms with Crippen LogP contribution in [0, 0.1) is 20.8 Å². The molecule has 3 rings (SSSR count). The van der Waals surface area contributed by atoms with Crippen molar-refractivity contribution in [1.29, 1.82) is 0 Å². The number of aromatic nitrogens is 2. The highest BCUT2D eigenvalue weighted by molar-refractivity contribution is 5.66. The Labute approximate surface area is 148 Å². The monoisotopic (exact) mass is 334 g/mol. The molecule has 2 aromatic carbocycles. The molecule has 0 amide bonds. The van der Waals surface area contributed by atoms with Gasteiger partial charge < -0.3 is 15.4 Å². The predicted molar refractivity (Wildman–Crippen MR) is 102 cm³/mol. The van der Waals surface area contributed by atoms with Crippen LogP contribution in [0.4, 0.5) is 23.1 Å². The van der Waals surface area contributed by atoms with E-state index in [-0.39, 0.29) is 0 Å². The minimum atomic E-state index is 0.554. The van der Waals surface area contributed by atoms with Crippen molar-refractivity contribution in [2.24, 2.45) is 0 Å². The van der Waals surface area contributed by atoms with Crippen molar-refractivity contribution in [3.05, 3.63) is 65.4 Å². The second-order valence-corrected chi connectivity index (χ2v) is 6.04. The van der Waals surface area contributed by atoms with Gasteiger partial charge in [-0.15, -0.1) is 0 Å². The third kappa shape index (κ3) is 4.26. The number of rotatable bonds is 5. The molecule has 0 saturated carbocycles. The van der Waals surface area contributed by atoms with Crippen LogP contribution < -0.4 is 15.4 Å². The van der Waals surface area contributed by atoms with Crippen LogP contribution in [-0.4, -0.2) is 17.1 Å². The molecule has 0 aliphatic rings. The number of anilines is 4. The van der Waals surface area contributed by atoms with Crippen LogP contribution in [0.5, 0.6) is 5.75 Å². The fraction of sp³-hybridized carbons (Fsp3) is 0.200. The molecule has 2 N–H and O–H groups in total. The van der Waals surface area contributed by atoms with Gasteiger partial charge in [-0.05, 0) is 50.6 Å². The van der Waals surface area contributed by atoms with Crippen LogP contribution >= 0.6 is 0 Å². The van der Waals surface area contributed by atoms with E-state index in [1.54, 1.807) is 7.11 Å². The molecule has 0 atom stereocenters. The van der Waals surface area contributed by atoms with Crippen LogP contribution in [-0.2, 0) is 0 Å². The van der Waals surface area contributed by atoms with Gasteiger partial charge in [0.1, 0.15) is 11.6 Å². The van der Waals surface area contributed by atoms with Gasteiger partial charge in [0.2, 0.25) is 5.95 Å². The zero-order valence-corrected chi connectivity index (χ0v) is 14.9. The summed E-state index contributed by atoms with van der Waals surface area (Å²) < 4.78 is 5.42. The summed E-state index contributed by atoms with van der Waals surface area (Å²) in [5.41, 5.74) is 5.06. The van der Waals surface area contributed by atoms with Gasteiger partial charge in [-0.2, -0.15) is 4.98 Å². The summed E-state index contributed by atoms with van der Waals surface area (Å²) in [6.07, 6.45) is 0. The molecular formula is C20H22N4O. The number of benzene rings is 2. The Morgan fingerprint density at radius 2 is 1.52 bits per heavy atom. The van der Waals surface area contributed by atoms with Crippen molar-refractivity contribution in [2.45, 2.75) is 20.8 Å². The number of hydrogen-bond donors (Lipinski definition) is 2. The highest BCUT2D eigenvalue weighted by Gasteiger charge is 2.07. The largest absolute Gasteiger partial charge is 0.495 e. The third-order valence-electron chi connectivity index (χ3n) is 3.78. The Bertz CT molecular complexity index is 875. The maximum Gasteiger partial charge on any atom is 0.229 e. The van der Waals surface area contributed by atoms with E-state index in [0.717, 1.165) is 28.4 Å². The van der Waals surface area contributed by atoms with Crippen molar-refractivity contribution in [2.75, 3.05) is 17.7 Å². The first kappa shape index (κ1) is 16.8. The van der Waals surface area contributed by atoms with Crippen molar-refractivity contribution in [3.63, 3.8) is 0 Å². The summed E-state index contributed by atoms with van der Waals surface area (Å²) in [6.45, 7) is 6.05. The lowest BCUT2D eigenvalue weighted by Crippen LogP contribution is -2.03. The Balaban J connectivity index is 1.87. The van der Waals surface area contributed by atoms with E-state index in [1.165, 1.54) is 5.56 Å². The first-order valence-electron chi connectivity index (χ1n) is 8.14. The number of aryl methyl sites for hydroxylation is 3. The average Bonchev–Trinajstić information content (AvgIpc) is 2.57. The second-order valence-electron chi connectivity index (χ2n) is 6.04. The first-order chi connectivity index (χ1) is 12.0. The van der Waals surface area contributed by atoms with Crippen molar-refractivity contribution in [1.82, 2.24) is 9.97 Å². The second kappa shape index (κ2) is 7.21. The molecule has 0 aliphatic carbocycles. The van der Waals surface area contributed by atoms with Crippen LogP contribution in [0.15, 0.2) is 48.5 Å². The Kier molecular flexibility index (Phi) is 4.84. The third-order valence-corrected chi connectivity index (χ3v) is 3.78. The van der Waals surface area contributed by atoms with E-state index in [4.69, 9.17) is 4.74 Å². The Morgan fingerprint density at radius 3 is 2.24 bits per heavy atom. The fourth-order valence-corrected chi connectivity index (χ4v) is 2.51. The Hall–Kier alpha value is -3.08. The molecule has 0 radical (unpaired) electrons. The molecule has 128 valence electrons. The maximum atomic E-state index is 5.42. The maximum absolute atomic E-state index is 5.42.